The zero-order valence-electron chi connectivity index (χ0n) is 11.5. The first kappa shape index (κ1) is 13.1. The molecule has 1 atom stereocenters. The zero-order chi connectivity index (χ0) is 13.1. The molecule has 0 unspecified atom stereocenters. The zero-order valence-corrected chi connectivity index (χ0v) is 11.5. The van der Waals surface area contributed by atoms with Gasteiger partial charge in [-0.3, -0.25) is 10.1 Å². The second kappa shape index (κ2) is 5.55. The molecule has 0 saturated carbocycles. The fourth-order valence-electron chi connectivity index (χ4n) is 2.55. The van der Waals surface area contributed by atoms with E-state index < -0.39 is 0 Å². The number of aryl methyl sites for hydroxylation is 1. The van der Waals surface area contributed by atoms with Crippen molar-refractivity contribution in [1.82, 2.24) is 5.16 Å². The van der Waals surface area contributed by atoms with Gasteiger partial charge in [-0.05, 0) is 38.0 Å². The van der Waals surface area contributed by atoms with E-state index in [0.29, 0.717) is 11.8 Å². The topological polar surface area (TPSA) is 55.1 Å². The molecule has 4 nitrogen and oxygen atoms in total. The van der Waals surface area contributed by atoms with E-state index in [2.05, 4.69) is 17.4 Å². The summed E-state index contributed by atoms with van der Waals surface area (Å²) < 4.78 is 5.29. The summed E-state index contributed by atoms with van der Waals surface area (Å²) in [6.45, 7) is 6.29. The Kier molecular flexibility index (Phi) is 4.04. The molecule has 4 heteroatoms. The lowest BCUT2D eigenvalue weighted by Crippen LogP contribution is -2.22. The Morgan fingerprint density at radius 1 is 1.50 bits per heavy atom. The third-order valence-electron chi connectivity index (χ3n) is 3.89. The lowest BCUT2D eigenvalue weighted by Gasteiger charge is -2.17. The molecule has 18 heavy (non-hydrogen) atoms. The van der Waals surface area contributed by atoms with Crippen molar-refractivity contribution in [3.63, 3.8) is 0 Å². The molecule has 0 saturated heterocycles. The van der Waals surface area contributed by atoms with Crippen LogP contribution in [0.4, 0.5) is 5.88 Å². The minimum absolute atomic E-state index is 0.0529. The molecular formula is C14H22N2O2. The number of aromatic nitrogens is 1. The predicted molar refractivity (Wildman–Crippen MR) is 70.4 cm³/mol. The summed E-state index contributed by atoms with van der Waals surface area (Å²) in [7, 11) is 0. The minimum atomic E-state index is 0.0529. The number of hydrogen-bond donors (Lipinski definition) is 1. The van der Waals surface area contributed by atoms with Gasteiger partial charge in [0.25, 0.3) is 0 Å². The summed E-state index contributed by atoms with van der Waals surface area (Å²) >= 11 is 0. The molecule has 1 aliphatic carbocycles. The van der Waals surface area contributed by atoms with Gasteiger partial charge >= 0.3 is 0 Å². The van der Waals surface area contributed by atoms with Crippen LogP contribution in [-0.2, 0) is 17.6 Å². The van der Waals surface area contributed by atoms with E-state index in [4.69, 9.17) is 4.52 Å². The van der Waals surface area contributed by atoms with E-state index in [9.17, 15) is 4.79 Å². The summed E-state index contributed by atoms with van der Waals surface area (Å²) in [5.74, 6) is 1.33. The van der Waals surface area contributed by atoms with Crippen LogP contribution in [0.15, 0.2) is 4.52 Å². The monoisotopic (exact) mass is 250 g/mol. The van der Waals surface area contributed by atoms with E-state index in [0.717, 1.165) is 43.4 Å². The molecule has 0 aromatic carbocycles. The second-order valence-electron chi connectivity index (χ2n) is 5.29. The molecule has 1 amide bonds. The third-order valence-corrected chi connectivity index (χ3v) is 3.89. The molecule has 0 radical (unpaired) electrons. The Morgan fingerprint density at radius 2 is 2.22 bits per heavy atom. The van der Waals surface area contributed by atoms with Crippen LogP contribution in [-0.4, -0.2) is 11.1 Å². The normalized spacial score (nSPS) is 18.8. The van der Waals surface area contributed by atoms with Crippen LogP contribution >= 0.6 is 0 Å². The van der Waals surface area contributed by atoms with E-state index in [1.165, 1.54) is 0 Å². The van der Waals surface area contributed by atoms with Gasteiger partial charge in [0.05, 0.1) is 5.69 Å². The number of carbonyl (C=O) groups is 1. The molecule has 1 N–H and O–H groups in total. The molecule has 1 heterocycles. The van der Waals surface area contributed by atoms with Gasteiger partial charge < -0.3 is 4.52 Å². The number of carbonyl (C=O) groups excluding carboxylic acids is 1. The SMILES string of the molecule is CCC(CC)C(=O)Nc1onc2c1C[C@H](C)CC2. The van der Waals surface area contributed by atoms with Crippen LogP contribution in [0, 0.1) is 11.8 Å². The van der Waals surface area contributed by atoms with Gasteiger partial charge in [0.15, 0.2) is 0 Å². The number of hydrogen-bond acceptors (Lipinski definition) is 3. The number of fused-ring (bicyclic) bond motifs is 1. The van der Waals surface area contributed by atoms with Gasteiger partial charge in [-0.15, -0.1) is 0 Å². The fourth-order valence-corrected chi connectivity index (χ4v) is 2.55. The van der Waals surface area contributed by atoms with E-state index >= 15 is 0 Å². The van der Waals surface area contributed by atoms with Gasteiger partial charge in [-0.25, -0.2) is 0 Å². The highest BCUT2D eigenvalue weighted by Gasteiger charge is 2.25. The van der Waals surface area contributed by atoms with E-state index in [1.54, 1.807) is 0 Å². The average Bonchev–Trinajstić information content (AvgIpc) is 2.73. The van der Waals surface area contributed by atoms with Gasteiger partial charge in [-0.1, -0.05) is 25.9 Å². The number of anilines is 1. The van der Waals surface area contributed by atoms with E-state index in [1.807, 2.05) is 13.8 Å². The summed E-state index contributed by atoms with van der Waals surface area (Å²) in [5, 5.41) is 6.97. The first-order valence-corrected chi connectivity index (χ1v) is 6.93. The maximum Gasteiger partial charge on any atom is 0.234 e. The van der Waals surface area contributed by atoms with Crippen molar-refractivity contribution in [3.8, 4) is 0 Å². The number of rotatable bonds is 4. The lowest BCUT2D eigenvalue weighted by atomic mass is 9.89. The Hall–Kier alpha value is -1.32. The first-order chi connectivity index (χ1) is 8.65. The largest absolute Gasteiger partial charge is 0.338 e. The van der Waals surface area contributed by atoms with Crippen molar-refractivity contribution in [2.24, 2.45) is 11.8 Å². The Bertz CT molecular complexity index is 421. The van der Waals surface area contributed by atoms with Crippen molar-refractivity contribution in [1.29, 1.82) is 0 Å². The van der Waals surface area contributed by atoms with Crippen LogP contribution < -0.4 is 5.32 Å². The number of nitrogens with zero attached hydrogens (tertiary/aromatic N) is 1. The minimum Gasteiger partial charge on any atom is -0.338 e. The molecule has 1 aromatic rings. The van der Waals surface area contributed by atoms with Crippen molar-refractivity contribution < 1.29 is 9.32 Å². The molecule has 100 valence electrons. The third kappa shape index (κ3) is 2.57. The van der Waals surface area contributed by atoms with Crippen LogP contribution in [0.25, 0.3) is 0 Å². The van der Waals surface area contributed by atoms with Gasteiger partial charge in [0, 0.05) is 11.5 Å². The van der Waals surface area contributed by atoms with Crippen LogP contribution in [0.1, 0.15) is 51.3 Å². The summed E-state index contributed by atoms with van der Waals surface area (Å²) in [5.41, 5.74) is 2.13. The summed E-state index contributed by atoms with van der Waals surface area (Å²) in [4.78, 5) is 12.0. The highest BCUT2D eigenvalue weighted by Crippen LogP contribution is 2.30. The maximum absolute atomic E-state index is 12.0. The van der Waals surface area contributed by atoms with Gasteiger partial charge in [0.1, 0.15) is 0 Å². The Balaban J connectivity index is 2.11. The predicted octanol–water partition coefficient (Wildman–Crippen LogP) is 3.17. The Morgan fingerprint density at radius 3 is 2.89 bits per heavy atom. The lowest BCUT2D eigenvalue weighted by molar-refractivity contribution is -0.120. The quantitative estimate of drug-likeness (QED) is 0.893. The van der Waals surface area contributed by atoms with E-state index in [-0.39, 0.29) is 11.8 Å². The maximum atomic E-state index is 12.0. The molecule has 2 rings (SSSR count). The molecule has 0 fully saturated rings. The molecular weight excluding hydrogens is 228 g/mol. The molecule has 0 bridgehead atoms. The van der Waals surface area contributed by atoms with Crippen molar-refractivity contribution in [3.05, 3.63) is 11.3 Å². The highest BCUT2D eigenvalue weighted by atomic mass is 16.5. The van der Waals surface area contributed by atoms with Crippen LogP contribution in [0.3, 0.4) is 0 Å². The second-order valence-corrected chi connectivity index (χ2v) is 5.29. The van der Waals surface area contributed by atoms with Crippen molar-refractivity contribution in [2.75, 3.05) is 5.32 Å². The first-order valence-electron chi connectivity index (χ1n) is 6.93. The van der Waals surface area contributed by atoms with Gasteiger partial charge in [0.2, 0.25) is 11.8 Å². The number of amides is 1. The molecule has 1 aliphatic rings. The smallest absolute Gasteiger partial charge is 0.234 e. The molecule has 0 spiro atoms. The van der Waals surface area contributed by atoms with Gasteiger partial charge in [-0.2, -0.15) is 0 Å². The van der Waals surface area contributed by atoms with Crippen molar-refractivity contribution >= 4 is 11.8 Å². The molecule has 1 aromatic heterocycles. The highest BCUT2D eigenvalue weighted by molar-refractivity contribution is 5.91. The summed E-state index contributed by atoms with van der Waals surface area (Å²) in [6, 6.07) is 0. The molecule has 0 aliphatic heterocycles. The van der Waals surface area contributed by atoms with Crippen LogP contribution in [0.2, 0.25) is 0 Å². The standard InChI is InChI=1S/C14H22N2O2/c1-4-10(5-2)13(17)15-14-11-8-9(3)6-7-12(11)16-18-14/h9-10H,4-8H2,1-3H3,(H,15,17)/t9-/m1/s1. The summed E-state index contributed by atoms with van der Waals surface area (Å²) in [6.07, 6.45) is 4.78. The van der Waals surface area contributed by atoms with Crippen molar-refractivity contribution in [2.45, 2.75) is 52.9 Å². The number of nitrogens with one attached hydrogen (secondary N) is 1. The average molecular weight is 250 g/mol. The van der Waals surface area contributed by atoms with Crippen LogP contribution in [0.5, 0.6) is 0 Å². The Labute approximate surface area is 108 Å². The fraction of sp³-hybridized carbons (Fsp3) is 0.714.